The number of β-amino-alcohol motifs (C(OH)–C–C–N with tert-alkyl or cyclic N) is 1. The summed E-state index contributed by atoms with van der Waals surface area (Å²) in [6.07, 6.45) is -1.34. The van der Waals surface area contributed by atoms with Gasteiger partial charge in [-0.1, -0.05) is 42.4 Å². The number of aliphatic hydroxyl groups is 1. The summed E-state index contributed by atoms with van der Waals surface area (Å²) in [5.74, 6) is -0.117. The van der Waals surface area contributed by atoms with Gasteiger partial charge in [0, 0.05) is 11.5 Å². The molecule has 0 aliphatic carbocycles. The van der Waals surface area contributed by atoms with E-state index in [2.05, 4.69) is 10.0 Å². The van der Waals surface area contributed by atoms with Crippen LogP contribution in [0.15, 0.2) is 35.4 Å². The normalized spacial score (nSPS) is 25.0. The van der Waals surface area contributed by atoms with Gasteiger partial charge >= 0.3 is 6.09 Å². The first kappa shape index (κ1) is 15.2. The number of piperidine rings is 1. The molecule has 7 nitrogen and oxygen atoms in total. The van der Waals surface area contributed by atoms with Crippen LogP contribution in [0.1, 0.15) is 12.5 Å². The van der Waals surface area contributed by atoms with Crippen LogP contribution in [-0.2, 0) is 11.3 Å². The van der Waals surface area contributed by atoms with E-state index in [0.717, 1.165) is 5.56 Å². The van der Waals surface area contributed by atoms with Crippen molar-refractivity contribution < 1.29 is 14.6 Å². The number of carbonyl (C=O) groups excluding carboxylic acids is 1. The summed E-state index contributed by atoms with van der Waals surface area (Å²) in [4.78, 5) is 16.2. The fraction of sp³-hybridized carbons (Fsp3) is 0.500. The van der Waals surface area contributed by atoms with Crippen LogP contribution in [0.5, 0.6) is 0 Å². The zero-order valence-corrected chi connectivity index (χ0v) is 11.8. The van der Waals surface area contributed by atoms with Gasteiger partial charge in [0.05, 0.1) is 18.7 Å². The molecule has 7 heteroatoms. The molecule has 3 atom stereocenters. The highest BCUT2D eigenvalue weighted by Crippen LogP contribution is 2.21. The first-order valence-electron chi connectivity index (χ1n) is 6.79. The lowest BCUT2D eigenvalue weighted by molar-refractivity contribution is 0.0161. The van der Waals surface area contributed by atoms with Crippen LogP contribution in [0.3, 0.4) is 0 Å². The van der Waals surface area contributed by atoms with Gasteiger partial charge in [-0.2, -0.15) is 0 Å². The van der Waals surface area contributed by atoms with Crippen LogP contribution in [-0.4, -0.2) is 41.3 Å². The first-order chi connectivity index (χ1) is 10.1. The Labute approximate surface area is 122 Å². The maximum atomic E-state index is 12.0. The molecule has 0 radical (unpaired) electrons. The average molecular weight is 290 g/mol. The number of amides is 1. The second-order valence-corrected chi connectivity index (χ2v) is 5.19. The van der Waals surface area contributed by atoms with Crippen LogP contribution in [0.2, 0.25) is 0 Å². The number of hydrogen-bond donors (Lipinski definition) is 1. The highest BCUT2D eigenvalue weighted by molar-refractivity contribution is 5.68. The van der Waals surface area contributed by atoms with E-state index in [1.165, 1.54) is 4.90 Å². The summed E-state index contributed by atoms with van der Waals surface area (Å²) in [7, 11) is 0. The summed E-state index contributed by atoms with van der Waals surface area (Å²) in [6.45, 7) is 2.54. The Kier molecular flexibility index (Phi) is 5.03. The lowest BCUT2D eigenvalue weighted by Gasteiger charge is -2.37. The molecular formula is C14H18N4O3. The van der Waals surface area contributed by atoms with Gasteiger partial charge in [-0.25, -0.2) is 4.79 Å². The lowest BCUT2D eigenvalue weighted by Crippen LogP contribution is -2.52. The number of azide groups is 1. The van der Waals surface area contributed by atoms with Gasteiger partial charge in [-0.05, 0) is 17.0 Å². The zero-order valence-electron chi connectivity index (χ0n) is 11.8. The minimum absolute atomic E-state index is 0.113. The van der Waals surface area contributed by atoms with E-state index in [4.69, 9.17) is 10.3 Å². The zero-order chi connectivity index (χ0) is 15.2. The summed E-state index contributed by atoms with van der Waals surface area (Å²) in [5.41, 5.74) is 9.39. The minimum Gasteiger partial charge on any atom is -0.445 e. The Balaban J connectivity index is 1.90. The SMILES string of the molecule is CC1CN(C(=O)OCc2ccccc2)CC(O)C1N=[N+]=[N-]. The Hall–Kier alpha value is -2.24. The number of likely N-dealkylation sites (tertiary alicyclic amines) is 1. The first-order valence-corrected chi connectivity index (χ1v) is 6.79. The molecule has 0 aromatic heterocycles. The molecule has 1 aromatic rings. The molecular weight excluding hydrogens is 272 g/mol. The Morgan fingerprint density at radius 1 is 1.48 bits per heavy atom. The predicted molar refractivity (Wildman–Crippen MR) is 76.3 cm³/mol. The fourth-order valence-corrected chi connectivity index (χ4v) is 2.45. The van der Waals surface area contributed by atoms with Gasteiger partial charge in [0.2, 0.25) is 0 Å². The fourth-order valence-electron chi connectivity index (χ4n) is 2.45. The van der Waals surface area contributed by atoms with Crippen LogP contribution >= 0.6 is 0 Å². The molecule has 2 rings (SSSR count). The average Bonchev–Trinajstić information content (AvgIpc) is 2.49. The molecule has 1 fully saturated rings. The predicted octanol–water partition coefficient (Wildman–Crippen LogP) is 2.31. The van der Waals surface area contributed by atoms with E-state index in [9.17, 15) is 9.90 Å². The van der Waals surface area contributed by atoms with Crippen molar-refractivity contribution in [3.63, 3.8) is 0 Å². The standard InChI is InChI=1S/C14H18N4O3/c1-10-7-18(8-12(19)13(10)16-17-15)14(20)21-9-11-5-3-2-4-6-11/h2-6,10,12-13,19H,7-9H2,1H3. The van der Waals surface area contributed by atoms with Gasteiger partial charge < -0.3 is 14.7 Å². The second kappa shape index (κ2) is 6.97. The van der Waals surface area contributed by atoms with Crippen LogP contribution in [0, 0.1) is 5.92 Å². The van der Waals surface area contributed by atoms with E-state index >= 15 is 0 Å². The molecule has 1 saturated heterocycles. The van der Waals surface area contributed by atoms with Crippen LogP contribution in [0.25, 0.3) is 10.4 Å². The topological polar surface area (TPSA) is 98.5 Å². The van der Waals surface area contributed by atoms with Crippen molar-refractivity contribution in [3.05, 3.63) is 46.3 Å². The lowest BCUT2D eigenvalue weighted by atomic mass is 9.92. The van der Waals surface area contributed by atoms with Gasteiger partial charge in [0.25, 0.3) is 0 Å². The van der Waals surface area contributed by atoms with Gasteiger partial charge in [0.15, 0.2) is 0 Å². The van der Waals surface area contributed by atoms with Crippen molar-refractivity contribution >= 4 is 6.09 Å². The van der Waals surface area contributed by atoms with Crippen LogP contribution in [0.4, 0.5) is 4.79 Å². The Morgan fingerprint density at radius 2 is 2.19 bits per heavy atom. The maximum Gasteiger partial charge on any atom is 0.410 e. The molecule has 112 valence electrons. The molecule has 0 spiro atoms. The minimum atomic E-state index is -0.867. The molecule has 1 N–H and O–H groups in total. The van der Waals surface area contributed by atoms with Gasteiger partial charge in [-0.15, -0.1) is 0 Å². The van der Waals surface area contributed by atoms with Crippen molar-refractivity contribution in [2.24, 2.45) is 11.0 Å². The summed E-state index contributed by atoms with van der Waals surface area (Å²) in [6, 6.07) is 8.88. The van der Waals surface area contributed by atoms with Crippen LogP contribution < -0.4 is 0 Å². The van der Waals surface area contributed by atoms with Crippen molar-refractivity contribution in [1.29, 1.82) is 0 Å². The Morgan fingerprint density at radius 3 is 2.81 bits per heavy atom. The number of benzene rings is 1. The van der Waals surface area contributed by atoms with E-state index in [0.29, 0.717) is 6.54 Å². The number of ether oxygens (including phenoxy) is 1. The second-order valence-electron chi connectivity index (χ2n) is 5.19. The molecule has 21 heavy (non-hydrogen) atoms. The monoisotopic (exact) mass is 290 g/mol. The highest BCUT2D eigenvalue weighted by atomic mass is 16.6. The van der Waals surface area contributed by atoms with Crippen molar-refractivity contribution in [3.8, 4) is 0 Å². The van der Waals surface area contributed by atoms with E-state index in [-0.39, 0.29) is 19.1 Å². The largest absolute Gasteiger partial charge is 0.445 e. The molecule has 1 aromatic carbocycles. The molecule has 1 heterocycles. The summed E-state index contributed by atoms with van der Waals surface area (Å²) in [5, 5.41) is 13.5. The maximum absolute atomic E-state index is 12.0. The third-order valence-corrected chi connectivity index (χ3v) is 3.54. The molecule has 1 aliphatic rings. The molecule has 1 aliphatic heterocycles. The molecule has 3 unspecified atom stereocenters. The number of nitrogens with zero attached hydrogens (tertiary/aromatic N) is 4. The van der Waals surface area contributed by atoms with E-state index < -0.39 is 18.2 Å². The van der Waals surface area contributed by atoms with Gasteiger partial charge in [-0.3, -0.25) is 0 Å². The third kappa shape index (κ3) is 3.87. The van der Waals surface area contributed by atoms with Crippen molar-refractivity contribution in [2.75, 3.05) is 13.1 Å². The number of carbonyl (C=O) groups is 1. The molecule has 1 amide bonds. The van der Waals surface area contributed by atoms with Gasteiger partial charge in [0.1, 0.15) is 6.61 Å². The van der Waals surface area contributed by atoms with Crippen molar-refractivity contribution in [1.82, 2.24) is 4.90 Å². The number of aliphatic hydroxyl groups excluding tert-OH is 1. The van der Waals surface area contributed by atoms with E-state index in [1.54, 1.807) is 0 Å². The smallest absolute Gasteiger partial charge is 0.410 e. The quantitative estimate of drug-likeness (QED) is 0.525. The number of rotatable bonds is 3. The molecule has 0 bridgehead atoms. The Bertz CT molecular complexity index is 518. The van der Waals surface area contributed by atoms with E-state index in [1.807, 2.05) is 37.3 Å². The number of hydrogen-bond acceptors (Lipinski definition) is 4. The van der Waals surface area contributed by atoms with Crippen molar-refractivity contribution in [2.45, 2.75) is 25.7 Å². The summed E-state index contributed by atoms with van der Waals surface area (Å²) < 4.78 is 5.23. The third-order valence-electron chi connectivity index (χ3n) is 3.54. The highest BCUT2D eigenvalue weighted by Gasteiger charge is 2.35. The molecule has 0 saturated carbocycles. The summed E-state index contributed by atoms with van der Waals surface area (Å²) >= 11 is 0.